The lowest BCUT2D eigenvalue weighted by Crippen LogP contribution is -2.14. The van der Waals surface area contributed by atoms with Crippen molar-refractivity contribution in [2.75, 3.05) is 0 Å². The SMILES string of the molecule is Cc1ncsc1CNCc1ncc(Br)cc1Br. The largest absolute Gasteiger partial charge is 0.306 e. The number of hydrogen-bond acceptors (Lipinski definition) is 4. The van der Waals surface area contributed by atoms with E-state index in [1.165, 1.54) is 4.88 Å². The van der Waals surface area contributed by atoms with Crippen LogP contribution in [0.5, 0.6) is 0 Å². The summed E-state index contributed by atoms with van der Waals surface area (Å²) < 4.78 is 1.99. The molecule has 1 N–H and O–H groups in total. The van der Waals surface area contributed by atoms with Crippen molar-refractivity contribution in [3.8, 4) is 0 Å². The van der Waals surface area contributed by atoms with Crippen LogP contribution in [-0.4, -0.2) is 9.97 Å². The second kappa shape index (κ2) is 6.04. The number of aromatic nitrogens is 2. The van der Waals surface area contributed by atoms with Gasteiger partial charge in [-0.2, -0.15) is 0 Å². The van der Waals surface area contributed by atoms with Crippen LogP contribution >= 0.6 is 43.2 Å². The van der Waals surface area contributed by atoms with Crippen LogP contribution in [-0.2, 0) is 13.1 Å². The van der Waals surface area contributed by atoms with Crippen molar-refractivity contribution in [2.45, 2.75) is 20.0 Å². The third kappa shape index (κ3) is 3.58. The molecule has 0 aromatic carbocycles. The van der Waals surface area contributed by atoms with E-state index in [0.29, 0.717) is 0 Å². The van der Waals surface area contributed by atoms with Gasteiger partial charge >= 0.3 is 0 Å². The molecule has 0 saturated carbocycles. The molecule has 2 aromatic rings. The summed E-state index contributed by atoms with van der Waals surface area (Å²) in [5, 5.41) is 3.37. The molecule has 17 heavy (non-hydrogen) atoms. The third-order valence-corrected chi connectivity index (χ3v) is 4.36. The van der Waals surface area contributed by atoms with E-state index in [4.69, 9.17) is 0 Å². The molecule has 2 heterocycles. The van der Waals surface area contributed by atoms with Crippen LogP contribution in [0.2, 0.25) is 0 Å². The van der Waals surface area contributed by atoms with Gasteiger partial charge in [0.25, 0.3) is 0 Å². The van der Waals surface area contributed by atoms with Gasteiger partial charge in [0.05, 0.1) is 16.9 Å². The Hall–Kier alpha value is -0.300. The molecule has 2 rings (SSSR count). The van der Waals surface area contributed by atoms with Gasteiger partial charge in [0, 0.05) is 33.1 Å². The molecule has 0 saturated heterocycles. The van der Waals surface area contributed by atoms with Crippen molar-refractivity contribution in [3.63, 3.8) is 0 Å². The number of halogens is 2. The minimum absolute atomic E-state index is 0.741. The van der Waals surface area contributed by atoms with Crippen molar-refractivity contribution in [3.05, 3.63) is 43.0 Å². The highest BCUT2D eigenvalue weighted by Crippen LogP contribution is 2.19. The summed E-state index contributed by atoms with van der Waals surface area (Å²) in [5.41, 5.74) is 3.99. The topological polar surface area (TPSA) is 37.8 Å². The monoisotopic (exact) mass is 375 g/mol. The Morgan fingerprint density at radius 3 is 2.76 bits per heavy atom. The third-order valence-electron chi connectivity index (χ3n) is 2.31. The van der Waals surface area contributed by atoms with Crippen LogP contribution in [0.15, 0.2) is 26.7 Å². The number of nitrogens with zero attached hydrogens (tertiary/aromatic N) is 2. The zero-order valence-electron chi connectivity index (χ0n) is 9.20. The molecule has 0 aliphatic carbocycles. The lowest BCUT2D eigenvalue weighted by atomic mass is 10.3. The normalized spacial score (nSPS) is 10.8. The van der Waals surface area contributed by atoms with Crippen molar-refractivity contribution in [2.24, 2.45) is 0 Å². The van der Waals surface area contributed by atoms with E-state index in [9.17, 15) is 0 Å². The van der Waals surface area contributed by atoms with Gasteiger partial charge in [0.2, 0.25) is 0 Å². The maximum Gasteiger partial charge on any atom is 0.0798 e. The fourth-order valence-electron chi connectivity index (χ4n) is 1.36. The number of aryl methyl sites for hydroxylation is 1. The van der Waals surface area contributed by atoms with Crippen LogP contribution < -0.4 is 5.32 Å². The molecule has 3 nitrogen and oxygen atoms in total. The van der Waals surface area contributed by atoms with Crippen LogP contribution in [0.25, 0.3) is 0 Å². The number of thiazole rings is 1. The Morgan fingerprint density at radius 2 is 2.12 bits per heavy atom. The van der Waals surface area contributed by atoms with Crippen LogP contribution in [0, 0.1) is 6.92 Å². The molecule has 0 atom stereocenters. The van der Waals surface area contributed by atoms with Gasteiger partial charge in [-0.05, 0) is 44.8 Å². The zero-order valence-corrected chi connectivity index (χ0v) is 13.2. The van der Waals surface area contributed by atoms with Gasteiger partial charge in [-0.25, -0.2) is 4.98 Å². The lowest BCUT2D eigenvalue weighted by Gasteiger charge is -2.05. The Kier molecular flexibility index (Phi) is 4.67. The quantitative estimate of drug-likeness (QED) is 0.884. The van der Waals surface area contributed by atoms with E-state index in [-0.39, 0.29) is 0 Å². The smallest absolute Gasteiger partial charge is 0.0798 e. The second-order valence-corrected chi connectivity index (χ2v) is 6.26. The van der Waals surface area contributed by atoms with Gasteiger partial charge in [-0.15, -0.1) is 11.3 Å². The van der Waals surface area contributed by atoms with E-state index in [1.807, 2.05) is 18.5 Å². The Morgan fingerprint density at radius 1 is 1.29 bits per heavy atom. The van der Waals surface area contributed by atoms with Gasteiger partial charge in [0.1, 0.15) is 0 Å². The van der Waals surface area contributed by atoms with Gasteiger partial charge in [-0.1, -0.05) is 0 Å². The maximum absolute atomic E-state index is 4.35. The molecule has 0 unspecified atom stereocenters. The molecular weight excluding hydrogens is 366 g/mol. The molecule has 0 spiro atoms. The first-order valence-electron chi connectivity index (χ1n) is 5.06. The van der Waals surface area contributed by atoms with Crippen LogP contribution in [0.1, 0.15) is 16.3 Å². The van der Waals surface area contributed by atoms with E-state index in [2.05, 4.69) is 47.1 Å². The Balaban J connectivity index is 1.92. The van der Waals surface area contributed by atoms with Gasteiger partial charge < -0.3 is 5.32 Å². The molecule has 0 aliphatic heterocycles. The minimum atomic E-state index is 0.741. The first-order valence-corrected chi connectivity index (χ1v) is 7.53. The Labute approximate surface area is 121 Å². The first kappa shape index (κ1) is 13.1. The summed E-state index contributed by atoms with van der Waals surface area (Å²) in [7, 11) is 0. The van der Waals surface area contributed by atoms with Crippen molar-refractivity contribution in [1.82, 2.24) is 15.3 Å². The summed E-state index contributed by atoms with van der Waals surface area (Å²) in [6.45, 7) is 3.60. The van der Waals surface area contributed by atoms with Gasteiger partial charge in [-0.3, -0.25) is 4.98 Å². The van der Waals surface area contributed by atoms with Crippen LogP contribution in [0.4, 0.5) is 0 Å². The molecule has 0 radical (unpaired) electrons. The highest BCUT2D eigenvalue weighted by Gasteiger charge is 2.04. The molecule has 0 fully saturated rings. The first-order chi connectivity index (χ1) is 8.16. The molecule has 6 heteroatoms. The summed E-state index contributed by atoms with van der Waals surface area (Å²) in [6.07, 6.45) is 1.81. The standard InChI is InChI=1S/C11H11Br2N3S/c1-7-11(17-6-16-7)5-14-4-10-9(13)2-8(12)3-15-10/h2-3,6,14H,4-5H2,1H3. The Bertz CT molecular complexity index is 513. The summed E-state index contributed by atoms with van der Waals surface area (Å²) in [5.74, 6) is 0. The van der Waals surface area contributed by atoms with E-state index >= 15 is 0 Å². The van der Waals surface area contributed by atoms with E-state index in [0.717, 1.165) is 33.4 Å². The lowest BCUT2D eigenvalue weighted by molar-refractivity contribution is 0.680. The average molecular weight is 377 g/mol. The summed E-state index contributed by atoms with van der Waals surface area (Å²) in [4.78, 5) is 9.85. The minimum Gasteiger partial charge on any atom is -0.306 e. The molecule has 0 bridgehead atoms. The van der Waals surface area contributed by atoms with E-state index in [1.54, 1.807) is 17.5 Å². The van der Waals surface area contributed by atoms with Crippen molar-refractivity contribution in [1.29, 1.82) is 0 Å². The van der Waals surface area contributed by atoms with Gasteiger partial charge in [0.15, 0.2) is 0 Å². The predicted molar refractivity (Wildman–Crippen MR) is 77.0 cm³/mol. The molecule has 0 aliphatic rings. The predicted octanol–water partition coefficient (Wildman–Crippen LogP) is 3.66. The summed E-state index contributed by atoms with van der Waals surface area (Å²) >= 11 is 8.56. The highest BCUT2D eigenvalue weighted by molar-refractivity contribution is 9.11. The fourth-order valence-corrected chi connectivity index (χ4v) is 3.24. The van der Waals surface area contributed by atoms with Crippen LogP contribution in [0.3, 0.4) is 0 Å². The van der Waals surface area contributed by atoms with Crippen molar-refractivity contribution >= 4 is 43.2 Å². The maximum atomic E-state index is 4.35. The van der Waals surface area contributed by atoms with E-state index < -0.39 is 0 Å². The summed E-state index contributed by atoms with van der Waals surface area (Å²) in [6, 6.07) is 2.00. The molecular formula is C11H11Br2N3S. The fraction of sp³-hybridized carbons (Fsp3) is 0.273. The number of hydrogen-bond donors (Lipinski definition) is 1. The number of nitrogens with one attached hydrogen (secondary N) is 1. The average Bonchev–Trinajstić information content (AvgIpc) is 2.68. The molecule has 90 valence electrons. The molecule has 0 amide bonds. The zero-order chi connectivity index (χ0) is 12.3. The van der Waals surface area contributed by atoms with Crippen molar-refractivity contribution < 1.29 is 0 Å². The highest BCUT2D eigenvalue weighted by atomic mass is 79.9. The number of pyridine rings is 1. The second-order valence-electron chi connectivity index (χ2n) is 3.55. The number of rotatable bonds is 4. The molecule has 2 aromatic heterocycles.